The van der Waals surface area contributed by atoms with E-state index in [1.165, 1.54) is 27.8 Å². The third kappa shape index (κ3) is 3.08. The normalized spacial score (nSPS) is 10.8. The van der Waals surface area contributed by atoms with Crippen LogP contribution in [0.2, 0.25) is 0 Å². The van der Waals surface area contributed by atoms with Gasteiger partial charge in [0.15, 0.2) is 0 Å². The molecule has 0 aliphatic heterocycles. The van der Waals surface area contributed by atoms with Crippen molar-refractivity contribution in [1.82, 2.24) is 4.98 Å². The van der Waals surface area contributed by atoms with E-state index in [0.29, 0.717) is 0 Å². The van der Waals surface area contributed by atoms with Crippen LogP contribution in [0.15, 0.2) is 53.1 Å². The topological polar surface area (TPSA) is 24.9 Å². The van der Waals surface area contributed by atoms with Gasteiger partial charge in [0.25, 0.3) is 0 Å². The van der Waals surface area contributed by atoms with Gasteiger partial charge in [-0.3, -0.25) is 4.98 Å². The summed E-state index contributed by atoms with van der Waals surface area (Å²) in [4.78, 5) is 4.35. The molecule has 2 nitrogen and oxygen atoms in total. The molecule has 1 heterocycles. The molecule has 0 radical (unpaired) electrons. The summed E-state index contributed by atoms with van der Waals surface area (Å²) in [6, 6.07) is 14.8. The van der Waals surface area contributed by atoms with Gasteiger partial charge in [-0.25, -0.2) is 0 Å². The Kier molecular flexibility index (Phi) is 3.93. The van der Waals surface area contributed by atoms with Crippen LogP contribution in [0.25, 0.3) is 10.9 Å². The molecule has 0 aliphatic rings. The molecule has 0 amide bonds. The maximum atomic E-state index is 4.35. The molecule has 2 aromatic carbocycles. The average Bonchev–Trinajstić information content (AvgIpc) is 2.46. The maximum Gasteiger partial charge on any atom is 0.0702 e. The highest BCUT2D eigenvalue weighted by atomic mass is 79.9. The van der Waals surface area contributed by atoms with Gasteiger partial charge < -0.3 is 5.32 Å². The van der Waals surface area contributed by atoms with Crippen molar-refractivity contribution in [2.75, 3.05) is 5.32 Å². The van der Waals surface area contributed by atoms with Crippen LogP contribution in [-0.4, -0.2) is 4.98 Å². The van der Waals surface area contributed by atoms with Gasteiger partial charge in [0.1, 0.15) is 0 Å². The molecule has 0 atom stereocenters. The number of anilines is 1. The number of aromatic nitrogens is 1. The fraction of sp³-hybridized carbons (Fsp3) is 0.167. The number of hydrogen-bond donors (Lipinski definition) is 1. The molecule has 106 valence electrons. The number of hydrogen-bond acceptors (Lipinski definition) is 2. The lowest BCUT2D eigenvalue weighted by Crippen LogP contribution is -2.03. The van der Waals surface area contributed by atoms with Crippen molar-refractivity contribution in [2.24, 2.45) is 0 Å². The van der Waals surface area contributed by atoms with Crippen molar-refractivity contribution in [2.45, 2.75) is 20.4 Å². The van der Waals surface area contributed by atoms with Crippen LogP contribution >= 0.6 is 15.9 Å². The molecule has 21 heavy (non-hydrogen) atoms. The number of rotatable bonds is 3. The molecule has 0 unspecified atom stereocenters. The van der Waals surface area contributed by atoms with E-state index in [0.717, 1.165) is 16.5 Å². The Balaban J connectivity index is 1.83. The second-order valence-electron chi connectivity index (χ2n) is 5.30. The Morgan fingerprint density at radius 1 is 1.05 bits per heavy atom. The number of fused-ring (bicyclic) bond motifs is 1. The van der Waals surface area contributed by atoms with Crippen LogP contribution in [0.3, 0.4) is 0 Å². The van der Waals surface area contributed by atoms with Gasteiger partial charge in [0.2, 0.25) is 0 Å². The predicted octanol–water partition coefficient (Wildman–Crippen LogP) is 5.23. The van der Waals surface area contributed by atoms with E-state index in [4.69, 9.17) is 0 Å². The number of aryl methyl sites for hydroxylation is 2. The van der Waals surface area contributed by atoms with E-state index in [1.807, 2.05) is 12.3 Å². The van der Waals surface area contributed by atoms with Crippen molar-refractivity contribution in [3.05, 3.63) is 69.8 Å². The van der Waals surface area contributed by atoms with E-state index < -0.39 is 0 Å². The summed E-state index contributed by atoms with van der Waals surface area (Å²) in [5.41, 5.74) is 6.02. The van der Waals surface area contributed by atoms with Crippen molar-refractivity contribution in [3.8, 4) is 0 Å². The third-order valence-corrected chi connectivity index (χ3v) is 4.09. The van der Waals surface area contributed by atoms with Crippen molar-refractivity contribution in [3.63, 3.8) is 0 Å². The summed E-state index contributed by atoms with van der Waals surface area (Å²) < 4.78 is 1.12. The molecule has 0 aliphatic carbocycles. The highest BCUT2D eigenvalue weighted by Crippen LogP contribution is 2.25. The average molecular weight is 341 g/mol. The van der Waals surface area contributed by atoms with Gasteiger partial charge in [0.05, 0.1) is 5.52 Å². The number of nitrogens with one attached hydrogen (secondary N) is 1. The van der Waals surface area contributed by atoms with Crippen LogP contribution < -0.4 is 5.32 Å². The molecule has 0 saturated carbocycles. The second kappa shape index (κ2) is 5.86. The van der Waals surface area contributed by atoms with Gasteiger partial charge >= 0.3 is 0 Å². The fourth-order valence-corrected chi connectivity index (χ4v) is 3.30. The maximum absolute atomic E-state index is 4.35. The summed E-state index contributed by atoms with van der Waals surface area (Å²) in [5.74, 6) is 0. The minimum absolute atomic E-state index is 0.814. The number of pyridine rings is 1. The lowest BCUT2D eigenvalue weighted by Gasteiger charge is -2.13. The fourth-order valence-electron chi connectivity index (χ4n) is 2.62. The van der Waals surface area contributed by atoms with Crippen LogP contribution in [0.4, 0.5) is 5.69 Å². The van der Waals surface area contributed by atoms with E-state index in [-0.39, 0.29) is 0 Å². The van der Waals surface area contributed by atoms with E-state index in [1.54, 1.807) is 0 Å². The van der Waals surface area contributed by atoms with Crippen LogP contribution in [0, 0.1) is 13.8 Å². The Morgan fingerprint density at radius 2 is 1.81 bits per heavy atom. The molecule has 0 saturated heterocycles. The highest BCUT2D eigenvalue weighted by molar-refractivity contribution is 9.10. The summed E-state index contributed by atoms with van der Waals surface area (Å²) >= 11 is 3.54. The third-order valence-electron chi connectivity index (χ3n) is 3.63. The molecule has 3 aromatic rings. The molecule has 3 rings (SSSR count). The number of nitrogens with zero attached hydrogens (tertiary/aromatic N) is 1. The molecule has 3 heteroatoms. The lowest BCUT2D eigenvalue weighted by molar-refractivity contribution is 1.13. The van der Waals surface area contributed by atoms with Crippen LogP contribution in [0.5, 0.6) is 0 Å². The largest absolute Gasteiger partial charge is 0.381 e. The quantitative estimate of drug-likeness (QED) is 0.706. The van der Waals surface area contributed by atoms with Crippen LogP contribution in [0.1, 0.15) is 16.7 Å². The van der Waals surface area contributed by atoms with Crippen molar-refractivity contribution >= 4 is 32.5 Å². The first-order valence-corrected chi connectivity index (χ1v) is 7.77. The Morgan fingerprint density at radius 3 is 2.57 bits per heavy atom. The monoisotopic (exact) mass is 340 g/mol. The minimum atomic E-state index is 0.814. The van der Waals surface area contributed by atoms with Crippen molar-refractivity contribution in [1.29, 1.82) is 0 Å². The standard InChI is InChI=1S/C18H17BrN2/c1-12-8-16(19)9-13(2)18(12)21-11-14-5-6-17-15(10-14)4-3-7-20-17/h3-10,21H,11H2,1-2H3. The van der Waals surface area contributed by atoms with Gasteiger partial charge in [-0.05, 0) is 60.9 Å². The molecule has 0 spiro atoms. The summed E-state index contributed by atoms with van der Waals surface area (Å²) in [5, 5.41) is 4.73. The van der Waals surface area contributed by atoms with Gasteiger partial charge in [0, 0.05) is 28.3 Å². The Hall–Kier alpha value is -1.87. The molecule has 0 fully saturated rings. The predicted molar refractivity (Wildman–Crippen MR) is 92.7 cm³/mol. The zero-order chi connectivity index (χ0) is 14.8. The van der Waals surface area contributed by atoms with Crippen LogP contribution in [-0.2, 0) is 6.54 Å². The smallest absolute Gasteiger partial charge is 0.0702 e. The highest BCUT2D eigenvalue weighted by Gasteiger charge is 2.04. The minimum Gasteiger partial charge on any atom is -0.381 e. The zero-order valence-electron chi connectivity index (χ0n) is 12.2. The molecular formula is C18H17BrN2. The first kappa shape index (κ1) is 14.1. The molecule has 1 aromatic heterocycles. The summed E-state index contributed by atoms with van der Waals surface area (Å²) in [6.07, 6.45) is 1.83. The van der Waals surface area contributed by atoms with E-state index in [9.17, 15) is 0 Å². The van der Waals surface area contributed by atoms with Gasteiger partial charge in [-0.1, -0.05) is 28.1 Å². The second-order valence-corrected chi connectivity index (χ2v) is 6.21. The zero-order valence-corrected chi connectivity index (χ0v) is 13.7. The number of halogens is 1. The molecule has 0 bridgehead atoms. The molecule has 1 N–H and O–H groups in total. The summed E-state index contributed by atoms with van der Waals surface area (Å²) in [6.45, 7) is 5.07. The van der Waals surface area contributed by atoms with E-state index >= 15 is 0 Å². The summed E-state index contributed by atoms with van der Waals surface area (Å²) in [7, 11) is 0. The SMILES string of the molecule is Cc1cc(Br)cc(C)c1NCc1ccc2ncccc2c1. The van der Waals surface area contributed by atoms with Gasteiger partial charge in [-0.2, -0.15) is 0 Å². The first-order chi connectivity index (χ1) is 10.1. The Labute approximate surface area is 133 Å². The van der Waals surface area contributed by atoms with E-state index in [2.05, 4.69) is 76.5 Å². The van der Waals surface area contributed by atoms with Gasteiger partial charge in [-0.15, -0.1) is 0 Å². The lowest BCUT2D eigenvalue weighted by atomic mass is 10.1. The number of benzene rings is 2. The first-order valence-electron chi connectivity index (χ1n) is 6.98. The molecular weight excluding hydrogens is 324 g/mol. The Bertz CT molecular complexity index is 773. The van der Waals surface area contributed by atoms with Crippen molar-refractivity contribution < 1.29 is 0 Å².